The van der Waals surface area contributed by atoms with Crippen LogP contribution in [0.15, 0.2) is 24.3 Å². The van der Waals surface area contributed by atoms with Gasteiger partial charge >= 0.3 is 18.4 Å². The Bertz CT molecular complexity index is 921. The van der Waals surface area contributed by atoms with E-state index in [2.05, 4.69) is 25.0 Å². The first kappa shape index (κ1) is 23.1. The number of ether oxygens (including phenoxy) is 3. The van der Waals surface area contributed by atoms with Crippen LogP contribution in [0.3, 0.4) is 0 Å². The minimum atomic E-state index is -5.19. The second-order valence-electron chi connectivity index (χ2n) is 5.14. The van der Waals surface area contributed by atoms with E-state index in [1.165, 1.54) is 20.3 Å². The Balaban J connectivity index is 2.20. The van der Waals surface area contributed by atoms with Gasteiger partial charge in [0.15, 0.2) is 10.2 Å². The zero-order valence-corrected chi connectivity index (χ0v) is 17.0. The number of allylic oxidation sites excluding steroid dienone is 2. The van der Waals surface area contributed by atoms with Crippen molar-refractivity contribution in [3.63, 3.8) is 0 Å². The number of thiocarbonyl (C=S) groups is 1. The van der Waals surface area contributed by atoms with Crippen LogP contribution in [-0.2, 0) is 14.8 Å². The van der Waals surface area contributed by atoms with Gasteiger partial charge in [-0.3, -0.25) is 9.46 Å². The lowest BCUT2D eigenvalue weighted by Crippen LogP contribution is -2.51. The molecule has 0 spiro atoms. The van der Waals surface area contributed by atoms with E-state index in [0.29, 0.717) is 0 Å². The van der Waals surface area contributed by atoms with Crippen LogP contribution < -0.4 is 19.5 Å². The largest absolute Gasteiger partial charge is 0.524 e. The van der Waals surface area contributed by atoms with Gasteiger partial charge in [-0.15, -0.1) is 18.2 Å². The zero-order chi connectivity index (χ0) is 21.9. The maximum atomic E-state index is 12.7. The average Bonchev–Trinajstić information content (AvgIpc) is 2.58. The van der Waals surface area contributed by atoms with Crippen LogP contribution in [0.1, 0.15) is 0 Å². The summed E-state index contributed by atoms with van der Waals surface area (Å²) in [5, 5.41) is -2.94. The number of sulfonamides is 1. The molecule has 2 atom stereocenters. The molecule has 0 aromatic carbocycles. The van der Waals surface area contributed by atoms with Gasteiger partial charge in [0.1, 0.15) is 5.25 Å². The first-order chi connectivity index (χ1) is 13.4. The van der Waals surface area contributed by atoms with E-state index in [-0.39, 0.29) is 18.0 Å². The van der Waals surface area contributed by atoms with Gasteiger partial charge in [-0.1, -0.05) is 29.8 Å². The van der Waals surface area contributed by atoms with Crippen molar-refractivity contribution in [2.45, 2.75) is 16.7 Å². The van der Waals surface area contributed by atoms with Crippen LogP contribution in [-0.4, -0.2) is 59.4 Å². The molecule has 160 valence electrons. The Morgan fingerprint density at radius 3 is 2.31 bits per heavy atom. The predicted octanol–water partition coefficient (Wildman–Crippen LogP) is 1.47. The number of rotatable bonds is 6. The number of hydrogen-bond donors (Lipinski definition) is 2. The molecular formula is C13H13ClF3N5O5S2. The van der Waals surface area contributed by atoms with E-state index < -0.39 is 31.8 Å². The fourth-order valence-corrected chi connectivity index (χ4v) is 4.37. The van der Waals surface area contributed by atoms with Crippen molar-refractivity contribution in [3.05, 3.63) is 24.3 Å². The molecule has 1 aliphatic rings. The second-order valence-corrected chi connectivity index (χ2v) is 7.94. The summed E-state index contributed by atoms with van der Waals surface area (Å²) in [5.41, 5.74) is 0. The highest BCUT2D eigenvalue weighted by atomic mass is 35.5. The number of hydrogen-bond acceptors (Lipinski definition) is 9. The molecule has 10 nitrogen and oxygen atoms in total. The van der Waals surface area contributed by atoms with Crippen LogP contribution in [0.5, 0.6) is 12.0 Å². The van der Waals surface area contributed by atoms with Crippen molar-refractivity contribution in [2.75, 3.05) is 19.5 Å². The molecule has 16 heteroatoms. The molecule has 1 aliphatic carbocycles. The molecule has 0 aliphatic heterocycles. The van der Waals surface area contributed by atoms with Crippen LogP contribution in [0, 0.1) is 0 Å². The monoisotopic (exact) mass is 475 g/mol. The van der Waals surface area contributed by atoms with Crippen molar-refractivity contribution < 1.29 is 35.8 Å². The predicted molar refractivity (Wildman–Crippen MR) is 99.0 cm³/mol. The fourth-order valence-electron chi connectivity index (χ4n) is 2.06. The summed E-state index contributed by atoms with van der Waals surface area (Å²) in [7, 11) is -2.06. The minimum Gasteiger partial charge on any atom is -0.467 e. The van der Waals surface area contributed by atoms with Crippen molar-refractivity contribution in [1.82, 2.24) is 19.7 Å². The highest BCUT2D eigenvalue weighted by Gasteiger charge is 2.51. The van der Waals surface area contributed by atoms with Gasteiger partial charge < -0.3 is 14.8 Å². The van der Waals surface area contributed by atoms with Gasteiger partial charge in [0, 0.05) is 0 Å². The van der Waals surface area contributed by atoms with Gasteiger partial charge in [-0.25, -0.2) is 8.42 Å². The molecule has 0 saturated carbocycles. The number of alkyl halides is 4. The second kappa shape index (κ2) is 8.64. The summed E-state index contributed by atoms with van der Waals surface area (Å²) in [6.07, 6.45) is -1.21. The lowest BCUT2D eigenvalue weighted by atomic mass is 10.1. The SMILES string of the molecule is COc1nc(NC(=S)NS(=O)(=O)C2C=CC=CC2(Cl)OC(F)(F)F)nc(OC)n1. The minimum absolute atomic E-state index is 0.163. The first-order valence-corrected chi connectivity index (χ1v) is 9.70. The van der Waals surface area contributed by atoms with Gasteiger partial charge in [0.25, 0.3) is 0 Å². The summed E-state index contributed by atoms with van der Waals surface area (Å²) in [4.78, 5) is 11.3. The summed E-state index contributed by atoms with van der Waals surface area (Å²) in [6.45, 7) is 0. The molecule has 2 unspecified atom stereocenters. The zero-order valence-electron chi connectivity index (χ0n) is 14.6. The highest BCUT2D eigenvalue weighted by molar-refractivity contribution is 7.92. The summed E-state index contributed by atoms with van der Waals surface area (Å²) < 4.78 is 78.5. The number of aromatic nitrogens is 3. The standard InChI is InChI=1S/C13H13ClF3N5O5S2/c1-25-9-18-8(19-10(21-9)26-2)20-11(28)22-29(23,24)7-5-3-4-6-12(7,14)27-13(15,16)17/h3-7H,1-2H3,(H2,18,19,20,21,22,28). The quantitative estimate of drug-likeness (QED) is 0.461. The van der Waals surface area contributed by atoms with Crippen molar-refractivity contribution in [3.8, 4) is 12.0 Å². The van der Waals surface area contributed by atoms with Gasteiger partial charge in [0.2, 0.25) is 16.0 Å². The third-order valence-electron chi connectivity index (χ3n) is 3.13. The molecule has 0 fully saturated rings. The molecule has 1 aromatic rings. The Labute approximate surface area is 173 Å². The smallest absolute Gasteiger partial charge is 0.467 e. The molecule has 2 rings (SSSR count). The third-order valence-corrected chi connectivity index (χ3v) is 5.70. The number of methoxy groups -OCH3 is 2. The van der Waals surface area contributed by atoms with Crippen molar-refractivity contribution in [2.24, 2.45) is 0 Å². The normalized spacial score (nSPS) is 21.5. The fraction of sp³-hybridized carbons (Fsp3) is 0.385. The maximum Gasteiger partial charge on any atom is 0.524 e. The Hall–Kier alpha value is -2.23. The number of anilines is 1. The molecule has 0 bridgehead atoms. The number of halogens is 4. The van der Waals surface area contributed by atoms with Crippen molar-refractivity contribution in [1.29, 1.82) is 0 Å². The average molecular weight is 476 g/mol. The molecule has 0 radical (unpaired) electrons. The van der Waals surface area contributed by atoms with E-state index in [9.17, 15) is 21.6 Å². The molecule has 0 amide bonds. The molecule has 1 aromatic heterocycles. The van der Waals surface area contributed by atoms with Crippen LogP contribution in [0.25, 0.3) is 0 Å². The van der Waals surface area contributed by atoms with Crippen LogP contribution >= 0.6 is 23.8 Å². The number of nitrogens with zero attached hydrogens (tertiary/aromatic N) is 3. The maximum absolute atomic E-state index is 12.7. The highest BCUT2D eigenvalue weighted by Crippen LogP contribution is 2.37. The lowest BCUT2D eigenvalue weighted by Gasteiger charge is -2.32. The molecule has 29 heavy (non-hydrogen) atoms. The Kier molecular flexibility index (Phi) is 6.87. The van der Waals surface area contributed by atoms with E-state index >= 15 is 0 Å². The van der Waals surface area contributed by atoms with Crippen LogP contribution in [0.4, 0.5) is 19.1 Å². The molecule has 2 N–H and O–H groups in total. The summed E-state index contributed by atoms with van der Waals surface area (Å²) in [5.74, 6) is -0.246. The third kappa shape index (κ3) is 6.12. The first-order valence-electron chi connectivity index (χ1n) is 7.37. The van der Waals surface area contributed by atoms with E-state index in [1.54, 1.807) is 0 Å². The van der Waals surface area contributed by atoms with Crippen molar-refractivity contribution >= 4 is 44.9 Å². The van der Waals surface area contributed by atoms with Gasteiger partial charge in [-0.2, -0.15) is 9.97 Å². The van der Waals surface area contributed by atoms with E-state index in [0.717, 1.165) is 18.2 Å². The summed E-state index contributed by atoms with van der Waals surface area (Å²) >= 11 is 10.7. The lowest BCUT2D eigenvalue weighted by molar-refractivity contribution is -0.343. The van der Waals surface area contributed by atoms with Gasteiger partial charge in [-0.05, 0) is 18.3 Å². The van der Waals surface area contributed by atoms with E-state index in [4.69, 9.17) is 33.3 Å². The molecule has 0 saturated heterocycles. The Morgan fingerprint density at radius 1 is 1.21 bits per heavy atom. The molecule has 1 heterocycles. The topological polar surface area (TPSA) is 125 Å². The van der Waals surface area contributed by atoms with E-state index in [1.807, 2.05) is 4.72 Å². The molecular weight excluding hydrogens is 463 g/mol. The van der Waals surface area contributed by atoms with Gasteiger partial charge in [0.05, 0.1) is 14.2 Å². The number of nitrogens with one attached hydrogen (secondary N) is 2. The summed E-state index contributed by atoms with van der Waals surface area (Å²) in [6, 6.07) is -0.326. The Morgan fingerprint density at radius 2 is 1.79 bits per heavy atom. The van der Waals surface area contributed by atoms with Crippen LogP contribution in [0.2, 0.25) is 0 Å².